The molecule has 0 spiro atoms. The summed E-state index contributed by atoms with van der Waals surface area (Å²) < 4.78 is 60.1. The number of hydrogen-bond acceptors (Lipinski definition) is 8. The highest BCUT2D eigenvalue weighted by molar-refractivity contribution is 5.94. The number of allylic oxidation sites excluding steroid dienone is 2. The van der Waals surface area contributed by atoms with Crippen molar-refractivity contribution < 1.29 is 37.2 Å². The van der Waals surface area contributed by atoms with E-state index >= 15 is 0 Å². The third-order valence-corrected chi connectivity index (χ3v) is 12.2. The van der Waals surface area contributed by atoms with Crippen LogP contribution in [0.4, 0.5) is 13.2 Å². The Hall–Kier alpha value is -7.00. The number of rotatable bonds is 12. The van der Waals surface area contributed by atoms with Gasteiger partial charge < -0.3 is 24.1 Å². The van der Waals surface area contributed by atoms with Crippen LogP contribution in [0.2, 0.25) is 0 Å². The van der Waals surface area contributed by atoms with Crippen LogP contribution in [-0.4, -0.2) is 94.0 Å². The molecule has 0 aliphatic carbocycles. The van der Waals surface area contributed by atoms with Gasteiger partial charge in [-0.1, -0.05) is 78.9 Å². The van der Waals surface area contributed by atoms with E-state index in [9.17, 15) is 18.3 Å². The van der Waals surface area contributed by atoms with Crippen LogP contribution in [0.25, 0.3) is 22.3 Å². The van der Waals surface area contributed by atoms with E-state index in [0.717, 1.165) is 101 Å². The highest BCUT2D eigenvalue weighted by Crippen LogP contribution is 2.39. The van der Waals surface area contributed by atoms with Crippen molar-refractivity contribution in [3.63, 3.8) is 0 Å². The zero-order chi connectivity index (χ0) is 47.7. The van der Waals surface area contributed by atoms with Crippen LogP contribution in [0.5, 0.6) is 28.7 Å². The van der Waals surface area contributed by atoms with Gasteiger partial charge in [0.15, 0.2) is 0 Å². The maximum atomic E-state index is 13.3. The van der Waals surface area contributed by atoms with Gasteiger partial charge in [0.2, 0.25) is 0 Å². The minimum absolute atomic E-state index is 0.184. The van der Waals surface area contributed by atoms with Crippen LogP contribution < -0.4 is 18.9 Å². The van der Waals surface area contributed by atoms with E-state index in [1.807, 2.05) is 116 Å². The second kappa shape index (κ2) is 24.7. The van der Waals surface area contributed by atoms with Gasteiger partial charge in [0.25, 0.3) is 0 Å². The van der Waals surface area contributed by atoms with Gasteiger partial charge in [-0.05, 0) is 109 Å². The minimum Gasteiger partial charge on any atom is -0.508 e. The predicted molar refractivity (Wildman–Crippen MR) is 264 cm³/mol. The van der Waals surface area contributed by atoms with E-state index in [4.69, 9.17) is 24.2 Å². The molecule has 0 unspecified atom stereocenters. The number of phenolic OH excluding ortho intramolecular Hbond substituents is 1. The lowest BCUT2D eigenvalue weighted by Gasteiger charge is -2.37. The molecule has 0 saturated carbocycles. The molecule has 8 nitrogen and oxygen atoms in total. The molecule has 6 aromatic rings. The molecule has 0 atom stereocenters. The lowest BCUT2D eigenvalue weighted by molar-refractivity contribution is 0.0668. The van der Waals surface area contributed by atoms with E-state index in [1.54, 1.807) is 24.3 Å². The average molecular weight is 922 g/mol. The minimum atomic E-state index is -0.264. The Labute approximate surface area is 398 Å². The first-order valence-corrected chi connectivity index (χ1v) is 23.0. The average Bonchev–Trinajstić information content (AvgIpc) is 3.35. The molecule has 4 aliphatic rings. The van der Waals surface area contributed by atoms with Crippen LogP contribution in [0, 0.1) is 29.0 Å². The normalized spacial score (nSPS) is 15.4. The second-order valence-electron chi connectivity index (χ2n) is 17.0. The first-order valence-electron chi connectivity index (χ1n) is 23.0. The molecule has 2 fully saturated rings. The van der Waals surface area contributed by atoms with Gasteiger partial charge in [-0.3, -0.25) is 18.6 Å². The van der Waals surface area contributed by atoms with E-state index in [0.29, 0.717) is 32.0 Å². The fourth-order valence-corrected chi connectivity index (χ4v) is 8.27. The topological polar surface area (TPSA) is 87.4 Å². The molecule has 68 heavy (non-hydrogen) atoms. The van der Waals surface area contributed by atoms with Crippen LogP contribution in [0.15, 0.2) is 152 Å². The smallest absolute Gasteiger partial charge is 0.127 e. The Bertz CT molecular complexity index is 2600. The van der Waals surface area contributed by atoms with Crippen LogP contribution in [0.3, 0.4) is 0 Å². The summed E-state index contributed by atoms with van der Waals surface area (Å²) in [6.45, 7) is 11.4. The summed E-state index contributed by atoms with van der Waals surface area (Å²) in [5.74, 6) is 3.95. The van der Waals surface area contributed by atoms with E-state index in [2.05, 4.69) is 28.9 Å². The van der Waals surface area contributed by atoms with Crippen LogP contribution >= 0.6 is 0 Å². The fourth-order valence-electron chi connectivity index (χ4n) is 8.27. The van der Waals surface area contributed by atoms with Gasteiger partial charge >= 0.3 is 0 Å². The molecule has 0 aromatic heterocycles. The zero-order valence-corrected chi connectivity index (χ0v) is 38.6. The van der Waals surface area contributed by atoms with Crippen molar-refractivity contribution in [2.24, 2.45) is 11.8 Å². The number of nitrogens with zero attached hydrogens (tertiary/aromatic N) is 3. The third-order valence-electron chi connectivity index (χ3n) is 12.2. The van der Waals surface area contributed by atoms with Crippen molar-refractivity contribution in [1.29, 1.82) is 5.26 Å². The standard InChI is InChI=1S/C17H13NO.C16H13FO2.2C12H16FNO/c1-12-15-7-2-3-8-17(15)19-11-16(12)14-6-4-5-13(9-14)10-18;1-10-14-8-13(18)5-6-16(14)19-9-15(10)11-3-2-4-12(17)7-11;2*13-8-11-9-14(10-11)6-7-15-12-4-2-1-3-5-12/h2-9H,11H2,1H3;2-8,18H,9H2,1H3;2*1-5,11H,6-10H2. The number of alkyl halides is 2. The maximum Gasteiger partial charge on any atom is 0.127 e. The van der Waals surface area contributed by atoms with E-state index in [-0.39, 0.29) is 36.8 Å². The molecular formula is C57H58F3N3O5. The van der Waals surface area contributed by atoms with Crippen molar-refractivity contribution in [3.05, 3.63) is 185 Å². The van der Waals surface area contributed by atoms with Crippen LogP contribution in [0.1, 0.15) is 41.7 Å². The Balaban J connectivity index is 0.000000135. The number of phenols is 1. The lowest BCUT2D eigenvalue weighted by Crippen LogP contribution is -2.49. The summed E-state index contributed by atoms with van der Waals surface area (Å²) >= 11 is 0. The molecule has 10 rings (SSSR count). The quantitative estimate of drug-likeness (QED) is 0.130. The van der Waals surface area contributed by atoms with Crippen molar-refractivity contribution in [2.45, 2.75) is 13.8 Å². The number of benzene rings is 6. The molecule has 11 heteroatoms. The molecule has 4 aliphatic heterocycles. The molecule has 4 heterocycles. The summed E-state index contributed by atoms with van der Waals surface area (Å²) in [6, 6.07) is 48.9. The summed E-state index contributed by atoms with van der Waals surface area (Å²) in [5, 5.41) is 18.6. The number of aromatic hydroxyl groups is 1. The largest absolute Gasteiger partial charge is 0.508 e. The third kappa shape index (κ3) is 13.6. The molecule has 2 saturated heterocycles. The van der Waals surface area contributed by atoms with Crippen molar-refractivity contribution >= 4 is 22.3 Å². The van der Waals surface area contributed by atoms with Crippen molar-refractivity contribution in [1.82, 2.24) is 9.80 Å². The maximum absolute atomic E-state index is 13.3. The molecule has 1 N–H and O–H groups in total. The summed E-state index contributed by atoms with van der Waals surface area (Å²) in [5.41, 5.74) is 8.85. The molecular weight excluding hydrogens is 864 g/mol. The Kier molecular flexibility index (Phi) is 17.8. The number of hydrogen-bond donors (Lipinski definition) is 1. The zero-order valence-electron chi connectivity index (χ0n) is 38.6. The first kappa shape index (κ1) is 48.9. The predicted octanol–water partition coefficient (Wildman–Crippen LogP) is 11.7. The van der Waals surface area contributed by atoms with Gasteiger partial charge in [0.05, 0.1) is 25.0 Å². The van der Waals surface area contributed by atoms with Gasteiger partial charge in [-0.2, -0.15) is 5.26 Å². The summed E-state index contributed by atoms with van der Waals surface area (Å²) in [7, 11) is 0. The highest BCUT2D eigenvalue weighted by atomic mass is 19.1. The second-order valence-corrected chi connectivity index (χ2v) is 17.0. The van der Waals surface area contributed by atoms with Gasteiger partial charge in [-0.15, -0.1) is 0 Å². The Morgan fingerprint density at radius 2 is 1.09 bits per heavy atom. The van der Waals surface area contributed by atoms with Gasteiger partial charge in [0.1, 0.15) is 61.0 Å². The molecule has 0 radical (unpaired) electrons. The van der Waals surface area contributed by atoms with Crippen molar-refractivity contribution in [2.75, 3.05) is 79.0 Å². The van der Waals surface area contributed by atoms with E-state index < -0.39 is 0 Å². The molecule has 352 valence electrons. The van der Waals surface area contributed by atoms with E-state index in [1.165, 1.54) is 17.7 Å². The molecule has 6 aromatic carbocycles. The van der Waals surface area contributed by atoms with Gasteiger partial charge in [0, 0.05) is 73.4 Å². The molecule has 0 amide bonds. The number of nitriles is 1. The monoisotopic (exact) mass is 921 g/mol. The number of fused-ring (bicyclic) bond motifs is 2. The summed E-state index contributed by atoms with van der Waals surface area (Å²) in [4.78, 5) is 4.43. The van der Waals surface area contributed by atoms with Crippen LogP contribution in [-0.2, 0) is 0 Å². The Morgan fingerprint density at radius 3 is 1.63 bits per heavy atom. The van der Waals surface area contributed by atoms with Crippen molar-refractivity contribution in [3.8, 4) is 34.8 Å². The first-order chi connectivity index (χ1) is 33.2. The SMILES string of the molecule is CC1=C(c2cccc(C#N)c2)COc2ccccc21.CC1=C(c2cccc(F)c2)COc2ccc(O)cc21.FCC1CN(CCOc2ccccc2)C1.FCC1CN(CCOc2ccccc2)C1. The highest BCUT2D eigenvalue weighted by Gasteiger charge is 2.27. The lowest BCUT2D eigenvalue weighted by atomic mass is 9.93. The van der Waals surface area contributed by atoms with Gasteiger partial charge in [-0.25, -0.2) is 4.39 Å². The Morgan fingerprint density at radius 1 is 0.588 bits per heavy atom. The summed E-state index contributed by atoms with van der Waals surface area (Å²) in [6.07, 6.45) is 0. The molecule has 0 bridgehead atoms. The fraction of sp³-hybridized carbons (Fsp3) is 0.281. The number of halogens is 3. The number of para-hydroxylation sites is 3. The number of ether oxygens (including phenoxy) is 4. The number of likely N-dealkylation sites (tertiary alicyclic amines) is 2.